The van der Waals surface area contributed by atoms with E-state index in [0.29, 0.717) is 0 Å². The highest BCUT2D eigenvalue weighted by Crippen LogP contribution is 2.47. The van der Waals surface area contributed by atoms with Crippen molar-refractivity contribution in [1.29, 1.82) is 0 Å². The fourth-order valence-electron chi connectivity index (χ4n) is 9.78. The maximum absolute atomic E-state index is 2.48. The van der Waals surface area contributed by atoms with Crippen molar-refractivity contribution in [3.63, 3.8) is 0 Å². The highest BCUT2D eigenvalue weighted by molar-refractivity contribution is 7.25. The van der Waals surface area contributed by atoms with E-state index in [4.69, 9.17) is 0 Å². The second-order valence-corrected chi connectivity index (χ2v) is 16.3. The number of aromatic nitrogens is 2. The second kappa shape index (κ2) is 12.9. The molecule has 12 rings (SSSR count). The zero-order valence-corrected chi connectivity index (χ0v) is 32.4. The van der Waals surface area contributed by atoms with Crippen LogP contribution in [0.4, 0.5) is 0 Å². The minimum Gasteiger partial charge on any atom is -0.309 e. The van der Waals surface area contributed by atoms with Crippen molar-refractivity contribution in [2.24, 2.45) is 0 Å². The van der Waals surface area contributed by atoms with Crippen LogP contribution in [0.5, 0.6) is 0 Å². The van der Waals surface area contributed by atoms with E-state index in [2.05, 4.69) is 228 Å². The van der Waals surface area contributed by atoms with Crippen LogP contribution in [-0.4, -0.2) is 9.13 Å². The van der Waals surface area contributed by atoms with Crippen LogP contribution >= 0.6 is 11.3 Å². The molecular weight excluding hydrogens is 721 g/mol. The fraction of sp³-hybridized carbons (Fsp3) is 0.0182. The summed E-state index contributed by atoms with van der Waals surface area (Å²) in [6.45, 7) is 0. The molecule has 0 fully saturated rings. The van der Waals surface area contributed by atoms with E-state index in [-0.39, 0.29) is 0 Å². The van der Waals surface area contributed by atoms with Crippen molar-refractivity contribution in [2.75, 3.05) is 0 Å². The second-order valence-electron chi connectivity index (χ2n) is 15.3. The van der Waals surface area contributed by atoms with E-state index in [1.807, 2.05) is 11.3 Å². The van der Waals surface area contributed by atoms with E-state index in [1.165, 1.54) is 91.7 Å². The van der Waals surface area contributed by atoms with Crippen LogP contribution in [0.15, 0.2) is 218 Å². The van der Waals surface area contributed by atoms with Gasteiger partial charge in [0.15, 0.2) is 0 Å². The van der Waals surface area contributed by atoms with E-state index in [1.54, 1.807) is 0 Å². The number of benzene rings is 9. The molecule has 0 aliphatic carbocycles. The largest absolute Gasteiger partial charge is 0.309 e. The first-order chi connectivity index (χ1) is 28.8. The van der Waals surface area contributed by atoms with Gasteiger partial charge in [-0.15, -0.1) is 11.3 Å². The summed E-state index contributed by atoms with van der Waals surface area (Å²) in [6.07, 6.45) is 0. The lowest BCUT2D eigenvalue weighted by Gasteiger charge is -2.37. The summed E-state index contributed by atoms with van der Waals surface area (Å²) >= 11 is 1.86. The Bertz CT molecular complexity index is 3400. The maximum Gasteiger partial charge on any atom is 0.0702 e. The molecule has 0 spiro atoms. The van der Waals surface area contributed by atoms with Crippen LogP contribution in [0.1, 0.15) is 22.3 Å². The lowest BCUT2D eigenvalue weighted by atomic mass is 9.65. The van der Waals surface area contributed by atoms with Gasteiger partial charge < -0.3 is 9.13 Å². The number of fused-ring (bicyclic) bond motifs is 9. The van der Waals surface area contributed by atoms with Gasteiger partial charge in [-0.05, 0) is 82.9 Å². The van der Waals surface area contributed by atoms with Crippen molar-refractivity contribution in [1.82, 2.24) is 9.13 Å². The predicted molar refractivity (Wildman–Crippen MR) is 246 cm³/mol. The minimum atomic E-state index is -0.550. The smallest absolute Gasteiger partial charge is 0.0702 e. The number of rotatable bonds is 6. The topological polar surface area (TPSA) is 9.86 Å². The molecule has 9 aromatic carbocycles. The zero-order chi connectivity index (χ0) is 38.2. The van der Waals surface area contributed by atoms with Crippen molar-refractivity contribution in [3.8, 4) is 11.4 Å². The first-order valence-electron chi connectivity index (χ1n) is 19.9. The quantitative estimate of drug-likeness (QED) is 0.150. The van der Waals surface area contributed by atoms with Gasteiger partial charge in [-0.3, -0.25) is 0 Å². The summed E-state index contributed by atoms with van der Waals surface area (Å²) in [6, 6.07) is 80.6. The van der Waals surface area contributed by atoms with Crippen LogP contribution in [-0.2, 0) is 5.41 Å². The molecule has 0 saturated heterocycles. The summed E-state index contributed by atoms with van der Waals surface area (Å²) in [4.78, 5) is 0. The lowest BCUT2D eigenvalue weighted by Crippen LogP contribution is -2.31. The van der Waals surface area contributed by atoms with Gasteiger partial charge in [0, 0.05) is 53.1 Å². The van der Waals surface area contributed by atoms with Gasteiger partial charge in [-0.1, -0.05) is 158 Å². The third kappa shape index (κ3) is 4.78. The van der Waals surface area contributed by atoms with Gasteiger partial charge in [0.25, 0.3) is 0 Å². The highest BCUT2D eigenvalue weighted by atomic mass is 32.1. The lowest BCUT2D eigenvalue weighted by molar-refractivity contribution is 0.746. The third-order valence-electron chi connectivity index (χ3n) is 12.3. The molecule has 3 heteroatoms. The SMILES string of the molecule is c1ccc(C(c2ccccc2)(c2ccccc2)c2ccc3c4ccccc4n(-c4ccc5c(c4)c4ccccc4n5-c4ccc5sc6ccccc6c5c4)c3c2)cc1. The van der Waals surface area contributed by atoms with Crippen LogP contribution in [0, 0.1) is 0 Å². The fourth-order valence-corrected chi connectivity index (χ4v) is 10.9. The normalized spacial score (nSPS) is 12.1. The molecule has 58 heavy (non-hydrogen) atoms. The van der Waals surface area contributed by atoms with E-state index < -0.39 is 5.41 Å². The summed E-state index contributed by atoms with van der Waals surface area (Å²) in [5.41, 5.74) is 11.5. The average molecular weight is 757 g/mol. The molecule has 0 bridgehead atoms. The van der Waals surface area contributed by atoms with Gasteiger partial charge in [0.1, 0.15) is 0 Å². The highest BCUT2D eigenvalue weighted by Gasteiger charge is 2.38. The maximum atomic E-state index is 2.48. The number of para-hydroxylation sites is 2. The molecule has 3 heterocycles. The predicted octanol–water partition coefficient (Wildman–Crippen LogP) is 14.6. The van der Waals surface area contributed by atoms with Crippen molar-refractivity contribution in [2.45, 2.75) is 5.41 Å². The Labute approximate surface area is 340 Å². The van der Waals surface area contributed by atoms with Gasteiger partial charge in [-0.25, -0.2) is 0 Å². The molecule has 0 radical (unpaired) electrons. The Balaban J connectivity index is 1.12. The van der Waals surface area contributed by atoms with Gasteiger partial charge in [0.2, 0.25) is 0 Å². The molecule has 0 N–H and O–H groups in total. The van der Waals surface area contributed by atoms with Gasteiger partial charge in [-0.2, -0.15) is 0 Å². The van der Waals surface area contributed by atoms with Crippen LogP contribution in [0.3, 0.4) is 0 Å². The van der Waals surface area contributed by atoms with E-state index in [0.717, 1.165) is 5.69 Å². The molecule has 0 aliphatic rings. The molecule has 3 aromatic heterocycles. The third-order valence-corrected chi connectivity index (χ3v) is 13.4. The van der Waals surface area contributed by atoms with Crippen LogP contribution < -0.4 is 0 Å². The molecule has 0 amide bonds. The molecule has 272 valence electrons. The van der Waals surface area contributed by atoms with Crippen molar-refractivity contribution >= 4 is 75.1 Å². The summed E-state index contributed by atoms with van der Waals surface area (Å²) in [7, 11) is 0. The molecule has 0 aliphatic heterocycles. The van der Waals surface area contributed by atoms with Gasteiger partial charge in [0.05, 0.1) is 27.5 Å². The van der Waals surface area contributed by atoms with E-state index >= 15 is 0 Å². The number of hydrogen-bond acceptors (Lipinski definition) is 1. The van der Waals surface area contributed by atoms with Crippen LogP contribution in [0.2, 0.25) is 0 Å². The molecular formula is C55H36N2S. The Hall–Kier alpha value is -7.20. The van der Waals surface area contributed by atoms with Crippen LogP contribution in [0.25, 0.3) is 75.2 Å². The first kappa shape index (κ1) is 33.0. The minimum absolute atomic E-state index is 0.550. The summed E-state index contributed by atoms with van der Waals surface area (Å²) in [5, 5.41) is 7.58. The Morgan fingerprint density at radius 2 is 0.724 bits per heavy atom. The Kier molecular flexibility index (Phi) is 7.35. The average Bonchev–Trinajstić information content (AvgIpc) is 3.95. The van der Waals surface area contributed by atoms with Crippen molar-refractivity contribution in [3.05, 3.63) is 241 Å². The summed E-state index contributed by atoms with van der Waals surface area (Å²) < 4.78 is 7.56. The molecule has 0 saturated carbocycles. The number of hydrogen-bond donors (Lipinski definition) is 0. The Morgan fingerprint density at radius 1 is 0.276 bits per heavy atom. The first-order valence-corrected chi connectivity index (χ1v) is 20.7. The molecule has 0 atom stereocenters. The van der Waals surface area contributed by atoms with E-state index in [9.17, 15) is 0 Å². The summed E-state index contributed by atoms with van der Waals surface area (Å²) in [5.74, 6) is 0. The zero-order valence-electron chi connectivity index (χ0n) is 31.6. The van der Waals surface area contributed by atoms with Gasteiger partial charge >= 0.3 is 0 Å². The monoisotopic (exact) mass is 756 g/mol. The van der Waals surface area contributed by atoms with Crippen molar-refractivity contribution < 1.29 is 0 Å². The molecule has 0 unspecified atom stereocenters. The Morgan fingerprint density at radius 3 is 1.36 bits per heavy atom. The number of nitrogens with zero attached hydrogens (tertiary/aromatic N) is 2. The standard InChI is InChI=1S/C55H36N2S/c1-4-16-37(17-5-1)55(38-18-6-2-7-19-38,39-20-8-3-9-21-39)40-28-31-45-43-22-10-13-25-49(43)57(52(45)34-40)41-29-32-51-47(35-41)44-23-11-14-26-50(44)56(51)42-30-33-54-48(36-42)46-24-12-15-27-53(46)58-54/h1-36H. The molecule has 2 nitrogen and oxygen atoms in total. The molecule has 12 aromatic rings. The number of thiophene rings is 1.